The van der Waals surface area contributed by atoms with Crippen LogP contribution in [-0.4, -0.2) is 69.5 Å². The summed E-state index contributed by atoms with van der Waals surface area (Å²) < 4.78 is 15.8. The molecular weight excluding hydrogens is 288 g/mol. The zero-order valence-corrected chi connectivity index (χ0v) is 13.1. The molecule has 22 heavy (non-hydrogen) atoms. The molecule has 0 saturated carbocycles. The second-order valence-electron chi connectivity index (χ2n) is 5.00. The lowest BCUT2D eigenvalue weighted by molar-refractivity contribution is 0.0670. The fourth-order valence-corrected chi connectivity index (χ4v) is 2.52. The standard InChI is InChI=1S/C15H22N2O5/c1-20-12-6-10(7-13(21-2)14(12)22-3)15(19)17-5-4-16-11(8-17)9-18/h6-7,11,16,18H,4-5,8-9H2,1-3H3/t11-/m1/s1. The van der Waals surface area contributed by atoms with Gasteiger partial charge in [0.25, 0.3) is 5.91 Å². The summed E-state index contributed by atoms with van der Waals surface area (Å²) in [6.45, 7) is 1.71. The number of nitrogens with one attached hydrogen (secondary N) is 1. The quantitative estimate of drug-likeness (QED) is 0.804. The van der Waals surface area contributed by atoms with Gasteiger partial charge in [0.1, 0.15) is 0 Å². The first-order valence-corrected chi connectivity index (χ1v) is 7.08. The van der Waals surface area contributed by atoms with Gasteiger partial charge in [0.2, 0.25) is 5.75 Å². The van der Waals surface area contributed by atoms with E-state index in [0.29, 0.717) is 42.4 Å². The molecule has 1 atom stereocenters. The number of methoxy groups -OCH3 is 3. The van der Waals surface area contributed by atoms with E-state index in [1.807, 2.05) is 0 Å². The van der Waals surface area contributed by atoms with Gasteiger partial charge in [-0.2, -0.15) is 0 Å². The first-order valence-electron chi connectivity index (χ1n) is 7.08. The molecule has 1 heterocycles. The van der Waals surface area contributed by atoms with Crippen molar-refractivity contribution in [2.45, 2.75) is 6.04 Å². The van der Waals surface area contributed by atoms with E-state index in [1.165, 1.54) is 21.3 Å². The van der Waals surface area contributed by atoms with Gasteiger partial charge in [-0.15, -0.1) is 0 Å². The molecule has 7 heteroatoms. The molecule has 2 rings (SSSR count). The van der Waals surface area contributed by atoms with Gasteiger partial charge in [-0.3, -0.25) is 4.79 Å². The summed E-state index contributed by atoms with van der Waals surface area (Å²) in [5, 5.41) is 12.4. The lowest BCUT2D eigenvalue weighted by Gasteiger charge is -2.33. The van der Waals surface area contributed by atoms with Crippen LogP contribution < -0.4 is 19.5 Å². The van der Waals surface area contributed by atoms with E-state index in [2.05, 4.69) is 5.32 Å². The summed E-state index contributed by atoms with van der Waals surface area (Å²) >= 11 is 0. The van der Waals surface area contributed by atoms with Gasteiger partial charge in [0, 0.05) is 31.2 Å². The van der Waals surface area contributed by atoms with Crippen molar-refractivity contribution in [3.8, 4) is 17.2 Å². The summed E-state index contributed by atoms with van der Waals surface area (Å²) in [4.78, 5) is 14.4. The van der Waals surface area contributed by atoms with Crippen LogP contribution in [0.5, 0.6) is 17.2 Å². The highest BCUT2D eigenvalue weighted by Gasteiger charge is 2.25. The minimum atomic E-state index is -0.126. The first-order chi connectivity index (χ1) is 10.6. The Hall–Kier alpha value is -1.99. The van der Waals surface area contributed by atoms with Crippen molar-refractivity contribution in [2.24, 2.45) is 0 Å². The van der Waals surface area contributed by atoms with Crippen molar-refractivity contribution in [1.29, 1.82) is 0 Å². The van der Waals surface area contributed by atoms with Gasteiger partial charge in [0.15, 0.2) is 11.5 Å². The van der Waals surface area contributed by atoms with Crippen LogP contribution in [0.4, 0.5) is 0 Å². The van der Waals surface area contributed by atoms with E-state index in [9.17, 15) is 9.90 Å². The van der Waals surface area contributed by atoms with E-state index in [4.69, 9.17) is 14.2 Å². The summed E-state index contributed by atoms with van der Waals surface area (Å²) in [5.74, 6) is 1.22. The van der Waals surface area contributed by atoms with Gasteiger partial charge in [0.05, 0.1) is 27.9 Å². The Morgan fingerprint density at radius 2 is 1.91 bits per heavy atom. The normalized spacial score (nSPS) is 18.0. The second kappa shape index (κ2) is 7.33. The molecule has 0 unspecified atom stereocenters. The number of carbonyl (C=O) groups excluding carboxylic acids is 1. The average molecular weight is 310 g/mol. The third kappa shape index (κ3) is 3.26. The number of nitrogens with zero attached hydrogens (tertiary/aromatic N) is 1. The highest BCUT2D eigenvalue weighted by molar-refractivity contribution is 5.95. The third-order valence-electron chi connectivity index (χ3n) is 3.67. The number of aliphatic hydroxyl groups excluding tert-OH is 1. The van der Waals surface area contributed by atoms with E-state index in [-0.39, 0.29) is 18.6 Å². The summed E-state index contributed by atoms with van der Waals surface area (Å²) in [6, 6.07) is 3.18. The molecule has 1 amide bonds. The van der Waals surface area contributed by atoms with E-state index >= 15 is 0 Å². The number of hydrogen-bond acceptors (Lipinski definition) is 6. The monoisotopic (exact) mass is 310 g/mol. The predicted octanol–water partition coefficient (Wildman–Crippen LogP) is 0.119. The fraction of sp³-hybridized carbons (Fsp3) is 0.533. The number of piperazine rings is 1. The molecule has 1 aliphatic heterocycles. The van der Waals surface area contributed by atoms with Gasteiger partial charge in [-0.25, -0.2) is 0 Å². The number of rotatable bonds is 5. The molecule has 0 aliphatic carbocycles. The molecule has 0 aromatic heterocycles. The number of benzene rings is 1. The van der Waals surface area contributed by atoms with Crippen LogP contribution in [0.25, 0.3) is 0 Å². The Labute approximate surface area is 129 Å². The second-order valence-corrected chi connectivity index (χ2v) is 5.00. The van der Waals surface area contributed by atoms with E-state index < -0.39 is 0 Å². The number of amides is 1. The lowest BCUT2D eigenvalue weighted by Crippen LogP contribution is -2.54. The molecule has 1 aromatic carbocycles. The van der Waals surface area contributed by atoms with E-state index in [1.54, 1.807) is 17.0 Å². The van der Waals surface area contributed by atoms with Crippen LogP contribution in [0, 0.1) is 0 Å². The van der Waals surface area contributed by atoms with Crippen LogP contribution in [0.3, 0.4) is 0 Å². The number of aliphatic hydroxyl groups is 1. The third-order valence-corrected chi connectivity index (χ3v) is 3.67. The molecule has 1 fully saturated rings. The van der Waals surface area contributed by atoms with Crippen molar-refractivity contribution in [3.63, 3.8) is 0 Å². The Balaban J connectivity index is 2.29. The van der Waals surface area contributed by atoms with Crippen LogP contribution in [0.1, 0.15) is 10.4 Å². The number of hydrogen-bond donors (Lipinski definition) is 2. The Morgan fingerprint density at radius 1 is 1.27 bits per heavy atom. The molecule has 1 aromatic rings. The van der Waals surface area contributed by atoms with Crippen LogP contribution in [0.2, 0.25) is 0 Å². The molecule has 7 nitrogen and oxygen atoms in total. The van der Waals surface area contributed by atoms with Gasteiger partial charge in [-0.1, -0.05) is 0 Å². The minimum absolute atomic E-state index is 0.000958. The molecular formula is C15H22N2O5. The molecule has 0 radical (unpaired) electrons. The maximum Gasteiger partial charge on any atom is 0.254 e. The smallest absolute Gasteiger partial charge is 0.254 e. The number of ether oxygens (including phenoxy) is 3. The lowest BCUT2D eigenvalue weighted by atomic mass is 10.1. The highest BCUT2D eigenvalue weighted by Crippen LogP contribution is 2.38. The van der Waals surface area contributed by atoms with Crippen molar-refractivity contribution < 1.29 is 24.1 Å². The predicted molar refractivity (Wildman–Crippen MR) is 80.9 cm³/mol. The van der Waals surface area contributed by atoms with Crippen molar-refractivity contribution in [2.75, 3.05) is 47.6 Å². The van der Waals surface area contributed by atoms with Crippen molar-refractivity contribution >= 4 is 5.91 Å². The molecule has 0 bridgehead atoms. The molecule has 122 valence electrons. The molecule has 1 saturated heterocycles. The topological polar surface area (TPSA) is 80.3 Å². The summed E-state index contributed by atoms with van der Waals surface area (Å²) in [7, 11) is 4.54. The zero-order valence-electron chi connectivity index (χ0n) is 13.1. The SMILES string of the molecule is COc1cc(C(=O)N2CCN[C@@H](CO)C2)cc(OC)c1OC. The fourth-order valence-electron chi connectivity index (χ4n) is 2.52. The summed E-state index contributed by atoms with van der Waals surface area (Å²) in [6.07, 6.45) is 0. The average Bonchev–Trinajstić information content (AvgIpc) is 2.59. The maximum absolute atomic E-state index is 12.7. The highest BCUT2D eigenvalue weighted by atomic mass is 16.5. The first kappa shape index (κ1) is 16.4. The van der Waals surface area contributed by atoms with Crippen LogP contribution in [-0.2, 0) is 0 Å². The Kier molecular flexibility index (Phi) is 5.46. The van der Waals surface area contributed by atoms with Gasteiger partial charge < -0.3 is 29.5 Å². The van der Waals surface area contributed by atoms with Gasteiger partial charge in [-0.05, 0) is 12.1 Å². The van der Waals surface area contributed by atoms with E-state index in [0.717, 1.165) is 0 Å². The summed E-state index contributed by atoms with van der Waals surface area (Å²) in [5.41, 5.74) is 0.466. The minimum Gasteiger partial charge on any atom is -0.493 e. The van der Waals surface area contributed by atoms with Crippen LogP contribution in [0.15, 0.2) is 12.1 Å². The van der Waals surface area contributed by atoms with Crippen LogP contribution >= 0.6 is 0 Å². The Morgan fingerprint density at radius 3 is 2.41 bits per heavy atom. The number of carbonyl (C=O) groups is 1. The maximum atomic E-state index is 12.7. The Bertz CT molecular complexity index is 510. The van der Waals surface area contributed by atoms with Crippen molar-refractivity contribution in [3.05, 3.63) is 17.7 Å². The van der Waals surface area contributed by atoms with Gasteiger partial charge >= 0.3 is 0 Å². The molecule has 2 N–H and O–H groups in total. The zero-order chi connectivity index (χ0) is 16.1. The molecule has 1 aliphatic rings. The largest absolute Gasteiger partial charge is 0.493 e. The van der Waals surface area contributed by atoms with Crippen molar-refractivity contribution in [1.82, 2.24) is 10.2 Å². The molecule has 0 spiro atoms.